The Balaban J connectivity index is 2.34. The van der Waals surface area contributed by atoms with Gasteiger partial charge in [0.2, 0.25) is 0 Å². The first-order chi connectivity index (χ1) is 13.0. The second kappa shape index (κ2) is 13.5. The van der Waals surface area contributed by atoms with Gasteiger partial charge in [-0.2, -0.15) is 0 Å². The van der Waals surface area contributed by atoms with E-state index in [9.17, 15) is 20.1 Å². The standard InChI is InChI=1S/C22H34O5/c1-2-17(23)14-15-19-18(20(24)16-21(19)25)12-10-8-6-4-3-5-7-9-11-13-22(26)27/h3-4,7-10,14-15,17-21,23-25H,2,5-6,11-13,16H2,1H3,(H,26,27)/b4-3-,9-7-,10-8-,15-14+/t17-,18+,19-,20+,21-/m1/s1. The van der Waals surface area contributed by atoms with Crippen LogP contribution >= 0.6 is 0 Å². The Hall–Kier alpha value is -1.69. The van der Waals surface area contributed by atoms with Crippen molar-refractivity contribution in [1.82, 2.24) is 0 Å². The zero-order valence-corrected chi connectivity index (χ0v) is 16.2. The van der Waals surface area contributed by atoms with E-state index in [0.29, 0.717) is 25.7 Å². The molecule has 4 N–H and O–H groups in total. The van der Waals surface area contributed by atoms with Crippen LogP contribution in [-0.2, 0) is 4.79 Å². The van der Waals surface area contributed by atoms with E-state index in [2.05, 4.69) is 0 Å². The molecule has 1 fully saturated rings. The van der Waals surface area contributed by atoms with Gasteiger partial charge >= 0.3 is 5.97 Å². The molecule has 1 aliphatic rings. The molecule has 0 bridgehead atoms. The number of aliphatic hydroxyl groups is 3. The van der Waals surface area contributed by atoms with Crippen molar-refractivity contribution in [2.24, 2.45) is 11.8 Å². The van der Waals surface area contributed by atoms with Gasteiger partial charge in [-0.05, 0) is 38.0 Å². The van der Waals surface area contributed by atoms with Crippen molar-refractivity contribution in [3.63, 3.8) is 0 Å². The fourth-order valence-electron chi connectivity index (χ4n) is 3.22. The lowest BCUT2D eigenvalue weighted by Gasteiger charge is -2.19. The van der Waals surface area contributed by atoms with Crippen LogP contribution in [0.25, 0.3) is 0 Å². The molecule has 5 heteroatoms. The second-order valence-electron chi connectivity index (χ2n) is 7.03. The van der Waals surface area contributed by atoms with Gasteiger partial charge in [0.15, 0.2) is 0 Å². The van der Waals surface area contributed by atoms with Crippen molar-refractivity contribution < 1.29 is 25.2 Å². The molecule has 0 aromatic carbocycles. The third kappa shape index (κ3) is 9.70. The fourth-order valence-corrected chi connectivity index (χ4v) is 3.22. The molecular weight excluding hydrogens is 344 g/mol. The van der Waals surface area contributed by atoms with Gasteiger partial charge in [-0.3, -0.25) is 4.79 Å². The van der Waals surface area contributed by atoms with Crippen LogP contribution < -0.4 is 0 Å². The molecule has 0 heterocycles. The Kier molecular flexibility index (Phi) is 11.7. The average Bonchev–Trinajstić information content (AvgIpc) is 2.90. The normalized spacial score (nSPS) is 27.6. The lowest BCUT2D eigenvalue weighted by atomic mass is 9.89. The lowest BCUT2D eigenvalue weighted by molar-refractivity contribution is -0.136. The highest BCUT2D eigenvalue weighted by Crippen LogP contribution is 2.36. The highest BCUT2D eigenvalue weighted by atomic mass is 16.4. The predicted octanol–water partition coefficient (Wildman–Crippen LogP) is 3.38. The summed E-state index contributed by atoms with van der Waals surface area (Å²) in [6.45, 7) is 1.90. The number of aliphatic hydroxyl groups excluding tert-OH is 3. The Bertz CT molecular complexity index is 535. The number of rotatable bonds is 12. The van der Waals surface area contributed by atoms with E-state index in [4.69, 9.17) is 5.11 Å². The minimum Gasteiger partial charge on any atom is -0.481 e. The number of hydrogen-bond donors (Lipinski definition) is 4. The molecule has 0 aliphatic heterocycles. The van der Waals surface area contributed by atoms with Gasteiger partial charge in [0.05, 0.1) is 18.3 Å². The SMILES string of the molecule is CC[C@@H](O)/C=C/[C@@H]1[C@H](C/C=C\C/C=C\C/C=C\CCC(=O)O)[C@@H](O)C[C@H]1O. The zero-order chi connectivity index (χ0) is 20.1. The zero-order valence-electron chi connectivity index (χ0n) is 16.2. The van der Waals surface area contributed by atoms with E-state index in [1.165, 1.54) is 0 Å². The topological polar surface area (TPSA) is 98.0 Å². The fraction of sp³-hybridized carbons (Fsp3) is 0.591. The van der Waals surface area contributed by atoms with Crippen molar-refractivity contribution in [3.8, 4) is 0 Å². The first kappa shape index (κ1) is 23.3. The summed E-state index contributed by atoms with van der Waals surface area (Å²) in [6.07, 6.45) is 18.0. The molecule has 27 heavy (non-hydrogen) atoms. The van der Waals surface area contributed by atoms with Gasteiger partial charge < -0.3 is 20.4 Å². The molecule has 1 rings (SSSR count). The maximum atomic E-state index is 10.4. The first-order valence-corrected chi connectivity index (χ1v) is 9.85. The summed E-state index contributed by atoms with van der Waals surface area (Å²) in [7, 11) is 0. The lowest BCUT2D eigenvalue weighted by Crippen LogP contribution is -2.20. The number of carboxylic acid groups (broad SMARTS) is 1. The monoisotopic (exact) mass is 378 g/mol. The highest BCUT2D eigenvalue weighted by molar-refractivity contribution is 5.66. The Morgan fingerprint density at radius 1 is 1.04 bits per heavy atom. The minimum absolute atomic E-state index is 0.0299. The largest absolute Gasteiger partial charge is 0.481 e. The van der Waals surface area contributed by atoms with Gasteiger partial charge in [-0.15, -0.1) is 0 Å². The summed E-state index contributed by atoms with van der Waals surface area (Å²) in [6, 6.07) is 0. The van der Waals surface area contributed by atoms with Crippen LogP contribution in [0.3, 0.4) is 0 Å². The Morgan fingerprint density at radius 2 is 1.67 bits per heavy atom. The Labute approximate surface area is 162 Å². The van der Waals surface area contributed by atoms with Crippen LogP contribution in [0.5, 0.6) is 0 Å². The summed E-state index contributed by atoms with van der Waals surface area (Å²) in [5.74, 6) is -0.936. The van der Waals surface area contributed by atoms with Crippen LogP contribution in [0, 0.1) is 11.8 Å². The molecule has 0 radical (unpaired) electrons. The summed E-state index contributed by atoms with van der Waals surface area (Å²) < 4.78 is 0. The van der Waals surface area contributed by atoms with Crippen molar-refractivity contribution in [1.29, 1.82) is 0 Å². The highest BCUT2D eigenvalue weighted by Gasteiger charge is 2.39. The molecule has 0 aromatic heterocycles. The molecule has 1 saturated carbocycles. The van der Waals surface area contributed by atoms with Crippen molar-refractivity contribution in [2.75, 3.05) is 0 Å². The quantitative estimate of drug-likeness (QED) is 0.390. The predicted molar refractivity (Wildman–Crippen MR) is 107 cm³/mol. The van der Waals surface area contributed by atoms with E-state index in [0.717, 1.165) is 12.8 Å². The van der Waals surface area contributed by atoms with E-state index in [-0.39, 0.29) is 18.3 Å². The molecule has 0 amide bonds. The molecule has 0 aromatic rings. The minimum atomic E-state index is -0.778. The van der Waals surface area contributed by atoms with Crippen molar-refractivity contribution in [2.45, 2.75) is 70.2 Å². The van der Waals surface area contributed by atoms with Gasteiger partial charge in [0.25, 0.3) is 0 Å². The molecule has 152 valence electrons. The molecule has 5 nitrogen and oxygen atoms in total. The number of carbonyl (C=O) groups is 1. The molecule has 1 aliphatic carbocycles. The second-order valence-corrected chi connectivity index (χ2v) is 7.03. The van der Waals surface area contributed by atoms with Crippen LogP contribution in [0.2, 0.25) is 0 Å². The van der Waals surface area contributed by atoms with E-state index in [1.54, 1.807) is 6.08 Å². The van der Waals surface area contributed by atoms with Gasteiger partial charge in [0, 0.05) is 18.8 Å². The third-order valence-electron chi connectivity index (χ3n) is 4.87. The van der Waals surface area contributed by atoms with Crippen molar-refractivity contribution >= 4 is 5.97 Å². The maximum absolute atomic E-state index is 10.4. The number of aliphatic carboxylic acids is 1. The first-order valence-electron chi connectivity index (χ1n) is 9.85. The maximum Gasteiger partial charge on any atom is 0.303 e. The third-order valence-corrected chi connectivity index (χ3v) is 4.87. The molecule has 0 unspecified atom stereocenters. The van der Waals surface area contributed by atoms with Crippen molar-refractivity contribution in [3.05, 3.63) is 48.6 Å². The molecule has 5 atom stereocenters. The van der Waals surface area contributed by atoms with Crippen LogP contribution in [0.15, 0.2) is 48.6 Å². The van der Waals surface area contributed by atoms with Gasteiger partial charge in [-0.25, -0.2) is 0 Å². The summed E-state index contributed by atoms with van der Waals surface area (Å²) in [5, 5.41) is 38.5. The van der Waals surface area contributed by atoms with E-state index in [1.807, 2.05) is 49.5 Å². The average molecular weight is 379 g/mol. The summed E-state index contributed by atoms with van der Waals surface area (Å²) in [4.78, 5) is 10.4. The summed E-state index contributed by atoms with van der Waals surface area (Å²) in [5.41, 5.74) is 0. The molecule has 0 saturated heterocycles. The van der Waals surface area contributed by atoms with Gasteiger partial charge in [-0.1, -0.05) is 55.5 Å². The van der Waals surface area contributed by atoms with Crippen LogP contribution in [0.1, 0.15) is 51.9 Å². The van der Waals surface area contributed by atoms with Crippen LogP contribution in [0.4, 0.5) is 0 Å². The number of allylic oxidation sites excluding steroid dienone is 6. The number of hydrogen-bond acceptors (Lipinski definition) is 4. The van der Waals surface area contributed by atoms with Crippen LogP contribution in [-0.4, -0.2) is 44.7 Å². The van der Waals surface area contributed by atoms with Gasteiger partial charge in [0.1, 0.15) is 0 Å². The summed E-state index contributed by atoms with van der Waals surface area (Å²) >= 11 is 0. The molecular formula is C22H34O5. The number of carboxylic acids is 1. The Morgan fingerprint density at radius 3 is 2.30 bits per heavy atom. The molecule has 0 spiro atoms. The smallest absolute Gasteiger partial charge is 0.303 e. The van der Waals surface area contributed by atoms with E-state index < -0.39 is 24.3 Å². The van der Waals surface area contributed by atoms with E-state index >= 15 is 0 Å².